The van der Waals surface area contributed by atoms with Crippen LogP contribution < -0.4 is 21.3 Å². The molecule has 14 heteroatoms. The summed E-state index contributed by atoms with van der Waals surface area (Å²) in [6, 6.07) is 0. The molecule has 0 spiro atoms. The maximum atomic E-state index is 11.9. The molecule has 2 unspecified atom stereocenters. The van der Waals surface area contributed by atoms with E-state index in [0.717, 1.165) is 0 Å². The second kappa shape index (κ2) is 19.5. The van der Waals surface area contributed by atoms with Gasteiger partial charge >= 0.3 is 0 Å². The number of aliphatic hydroxyl groups excluding tert-OH is 4. The van der Waals surface area contributed by atoms with Gasteiger partial charge in [0.05, 0.1) is 13.2 Å². The predicted octanol–water partition coefficient (Wildman–Crippen LogP) is -0.848. The second-order valence-electron chi connectivity index (χ2n) is 10.2. The van der Waals surface area contributed by atoms with Crippen LogP contribution in [0.2, 0.25) is 0 Å². The summed E-state index contributed by atoms with van der Waals surface area (Å²) in [5.74, 6) is -0.139. The maximum Gasteiger partial charge on any atom is 0.249 e. The van der Waals surface area contributed by atoms with E-state index in [1.165, 1.54) is 21.6 Å². The molecule has 222 valence electrons. The number of carbonyl (C=O) groups is 4. The molecule has 0 saturated carbocycles. The lowest BCUT2D eigenvalue weighted by Crippen LogP contribution is -2.46. The fourth-order valence-corrected chi connectivity index (χ4v) is 4.68. The zero-order valence-electron chi connectivity index (χ0n) is 22.9. The molecule has 12 nitrogen and oxygen atoms in total. The van der Waals surface area contributed by atoms with Crippen LogP contribution in [0.4, 0.5) is 0 Å². The van der Waals surface area contributed by atoms with E-state index < -0.39 is 34.9 Å². The average molecular weight is 583 g/mol. The molecule has 38 heavy (non-hydrogen) atoms. The molecule has 0 aliphatic carbocycles. The highest BCUT2D eigenvalue weighted by Gasteiger charge is 2.33. The van der Waals surface area contributed by atoms with Crippen molar-refractivity contribution in [1.82, 2.24) is 21.3 Å². The summed E-state index contributed by atoms with van der Waals surface area (Å²) >= 11 is 0. The highest BCUT2D eigenvalue weighted by Crippen LogP contribution is 2.22. The van der Waals surface area contributed by atoms with E-state index in [0.29, 0.717) is 63.4 Å². The van der Waals surface area contributed by atoms with E-state index in [4.69, 9.17) is 0 Å². The van der Waals surface area contributed by atoms with Crippen molar-refractivity contribution in [2.75, 3.05) is 50.9 Å². The van der Waals surface area contributed by atoms with Gasteiger partial charge in [-0.3, -0.25) is 19.2 Å². The molecule has 0 aliphatic rings. The van der Waals surface area contributed by atoms with Crippen LogP contribution in [0.3, 0.4) is 0 Å². The van der Waals surface area contributed by atoms with Crippen molar-refractivity contribution >= 4 is 45.2 Å². The lowest BCUT2D eigenvalue weighted by molar-refractivity contribution is -0.137. The first kappa shape index (κ1) is 36.4. The van der Waals surface area contributed by atoms with Crippen molar-refractivity contribution in [3.8, 4) is 0 Å². The molecule has 8 N–H and O–H groups in total. The molecule has 0 aromatic carbocycles. The second-order valence-corrected chi connectivity index (χ2v) is 12.9. The smallest absolute Gasteiger partial charge is 0.249 e. The molecular formula is C24H46N4O8S2. The van der Waals surface area contributed by atoms with E-state index >= 15 is 0 Å². The quantitative estimate of drug-likeness (QED) is 0.0623. The molecule has 4 amide bonds. The lowest BCUT2D eigenvalue weighted by atomic mass is 9.87. The molecule has 0 aromatic heterocycles. The number of rotatable bonds is 21. The van der Waals surface area contributed by atoms with Gasteiger partial charge in [0.15, 0.2) is 0 Å². The number of amides is 4. The van der Waals surface area contributed by atoms with Gasteiger partial charge < -0.3 is 41.7 Å². The van der Waals surface area contributed by atoms with Crippen LogP contribution >= 0.6 is 21.6 Å². The fraction of sp³-hybridized carbons (Fsp3) is 0.833. The molecule has 0 aliphatic heterocycles. The van der Waals surface area contributed by atoms with E-state index in [9.17, 15) is 39.6 Å². The van der Waals surface area contributed by atoms with Crippen LogP contribution in [0, 0.1) is 10.8 Å². The maximum absolute atomic E-state index is 11.9. The monoisotopic (exact) mass is 582 g/mol. The average Bonchev–Trinajstić information content (AvgIpc) is 2.88. The number of carbonyl (C=O) groups excluding carboxylic acids is 4. The Labute approximate surface area is 233 Å². The summed E-state index contributed by atoms with van der Waals surface area (Å²) in [6.07, 6.45) is -0.943. The van der Waals surface area contributed by atoms with Gasteiger partial charge in [-0.05, 0) is 12.8 Å². The molecule has 0 fully saturated rings. The number of aliphatic hydroxyl groups is 4. The van der Waals surface area contributed by atoms with E-state index in [2.05, 4.69) is 21.3 Å². The Hall–Kier alpha value is -1.58. The minimum absolute atomic E-state index is 0.108. The van der Waals surface area contributed by atoms with E-state index in [1.54, 1.807) is 27.7 Å². The number of hydrogen-bond donors (Lipinski definition) is 8. The Morgan fingerprint density at radius 1 is 0.632 bits per heavy atom. The Morgan fingerprint density at radius 3 is 1.26 bits per heavy atom. The van der Waals surface area contributed by atoms with Gasteiger partial charge in [-0.15, -0.1) is 0 Å². The fourth-order valence-electron chi connectivity index (χ4n) is 2.69. The summed E-state index contributed by atoms with van der Waals surface area (Å²) in [5.41, 5.74) is -1.85. The first-order valence-electron chi connectivity index (χ1n) is 12.7. The third kappa shape index (κ3) is 15.7. The Balaban J connectivity index is 3.70. The summed E-state index contributed by atoms with van der Waals surface area (Å²) in [7, 11) is 3.00. The zero-order valence-corrected chi connectivity index (χ0v) is 24.5. The van der Waals surface area contributed by atoms with Gasteiger partial charge in [0.1, 0.15) is 12.2 Å². The molecule has 2 atom stereocenters. The van der Waals surface area contributed by atoms with Crippen LogP contribution in [0.15, 0.2) is 0 Å². The predicted molar refractivity (Wildman–Crippen MR) is 149 cm³/mol. The van der Waals surface area contributed by atoms with Gasteiger partial charge in [0.25, 0.3) is 0 Å². The van der Waals surface area contributed by atoms with E-state index in [-0.39, 0.29) is 25.0 Å². The van der Waals surface area contributed by atoms with Gasteiger partial charge in [-0.2, -0.15) is 0 Å². The van der Waals surface area contributed by atoms with Gasteiger partial charge in [-0.1, -0.05) is 49.3 Å². The van der Waals surface area contributed by atoms with Crippen molar-refractivity contribution in [2.24, 2.45) is 10.8 Å². The van der Waals surface area contributed by atoms with Crippen molar-refractivity contribution in [2.45, 2.75) is 65.6 Å². The third-order valence-corrected chi connectivity index (χ3v) is 8.06. The molecule has 0 rings (SSSR count). The van der Waals surface area contributed by atoms with Crippen molar-refractivity contribution in [3.05, 3.63) is 0 Å². The van der Waals surface area contributed by atoms with Crippen molar-refractivity contribution in [3.63, 3.8) is 0 Å². The Bertz CT molecular complexity index is 680. The Kier molecular flexibility index (Phi) is 18.7. The highest BCUT2D eigenvalue weighted by molar-refractivity contribution is 8.76. The minimum atomic E-state index is -1.31. The molecule has 0 radical (unpaired) electrons. The summed E-state index contributed by atoms with van der Waals surface area (Å²) in [5, 5.41) is 48.9. The molecule has 0 aromatic rings. The van der Waals surface area contributed by atoms with E-state index in [1.807, 2.05) is 0 Å². The van der Waals surface area contributed by atoms with Crippen LogP contribution in [0.1, 0.15) is 53.4 Å². The van der Waals surface area contributed by atoms with Crippen molar-refractivity contribution in [1.29, 1.82) is 0 Å². The summed E-state index contributed by atoms with van der Waals surface area (Å²) < 4.78 is 0. The summed E-state index contributed by atoms with van der Waals surface area (Å²) in [4.78, 5) is 47.5. The van der Waals surface area contributed by atoms with Gasteiger partial charge in [0, 0.05) is 61.4 Å². The zero-order chi connectivity index (χ0) is 29.2. The SMILES string of the molecule is CC(C)(CO)C(O)C(=O)NCCCNC(=O)CCSSCCC(=O)NCCCNC(=O)C(O)C(C)(C)CO. The standard InChI is InChI=1S/C24H46N4O8S2/c1-23(2,15-29)19(33)21(35)27-11-5-9-25-17(31)7-13-37-38-14-8-18(32)26-10-6-12-28-22(36)20(34)24(3,4)16-30/h19-20,29-30,33-34H,5-16H2,1-4H3,(H,25,31)(H,26,32)(H,27,35)(H,28,36). The molecule has 0 saturated heterocycles. The molecule has 0 heterocycles. The third-order valence-electron chi connectivity index (χ3n) is 5.65. The first-order valence-corrected chi connectivity index (χ1v) is 15.2. The number of nitrogens with one attached hydrogen (secondary N) is 4. The van der Waals surface area contributed by atoms with Crippen LogP contribution in [0.25, 0.3) is 0 Å². The van der Waals surface area contributed by atoms with Gasteiger partial charge in [0.2, 0.25) is 23.6 Å². The minimum Gasteiger partial charge on any atom is -0.396 e. The largest absolute Gasteiger partial charge is 0.396 e. The molecule has 0 bridgehead atoms. The van der Waals surface area contributed by atoms with Crippen LogP contribution in [0.5, 0.6) is 0 Å². The normalized spacial score (nSPS) is 13.4. The van der Waals surface area contributed by atoms with Crippen LogP contribution in [-0.2, 0) is 19.2 Å². The van der Waals surface area contributed by atoms with Gasteiger partial charge in [-0.25, -0.2) is 0 Å². The highest BCUT2D eigenvalue weighted by atomic mass is 33.1. The lowest BCUT2D eigenvalue weighted by Gasteiger charge is -2.27. The Morgan fingerprint density at radius 2 is 0.947 bits per heavy atom. The number of hydrogen-bond acceptors (Lipinski definition) is 10. The first-order chi connectivity index (χ1) is 17.8. The van der Waals surface area contributed by atoms with Crippen LogP contribution in [-0.4, -0.2) is 107 Å². The summed E-state index contributed by atoms with van der Waals surface area (Å²) in [6.45, 7) is 7.10. The van der Waals surface area contributed by atoms with Crippen molar-refractivity contribution < 1.29 is 39.6 Å². The topological polar surface area (TPSA) is 197 Å². The molecular weight excluding hydrogens is 536 g/mol.